The normalized spacial score (nSPS) is 17.1. The topological polar surface area (TPSA) is 54.5 Å². The van der Waals surface area contributed by atoms with Gasteiger partial charge in [-0.3, -0.25) is 4.79 Å². The molecule has 1 N–H and O–H groups in total. The van der Waals surface area contributed by atoms with Crippen LogP contribution in [0.2, 0.25) is 0 Å². The largest absolute Gasteiger partial charge is 0.378 e. The molecule has 1 saturated heterocycles. The van der Waals surface area contributed by atoms with E-state index < -0.39 is 11.9 Å². The number of rotatable bonds is 3. The standard InChI is InChI=1S/C12H15BrFN3O2/c1-8(12(18)17-2-4-19-5-3-17)16-11-10(14)6-9(13)7-15-11/h6-8H,2-5H2,1H3,(H,15,16). The number of pyridine rings is 1. The van der Waals surface area contributed by atoms with Crippen molar-refractivity contribution in [3.63, 3.8) is 0 Å². The molecule has 0 aliphatic carbocycles. The van der Waals surface area contributed by atoms with E-state index in [4.69, 9.17) is 4.74 Å². The molecule has 7 heteroatoms. The lowest BCUT2D eigenvalue weighted by Gasteiger charge is -2.29. The Balaban J connectivity index is 1.99. The lowest BCUT2D eigenvalue weighted by atomic mass is 10.2. The molecule has 1 atom stereocenters. The summed E-state index contributed by atoms with van der Waals surface area (Å²) in [5.74, 6) is -0.485. The number of nitrogens with one attached hydrogen (secondary N) is 1. The number of halogens is 2. The summed E-state index contributed by atoms with van der Waals surface area (Å²) in [6, 6.07) is 0.780. The second-order valence-corrected chi connectivity index (χ2v) is 5.20. The van der Waals surface area contributed by atoms with Gasteiger partial charge in [-0.15, -0.1) is 0 Å². The van der Waals surface area contributed by atoms with Crippen LogP contribution >= 0.6 is 15.9 Å². The zero-order valence-electron chi connectivity index (χ0n) is 10.5. The number of amides is 1. The lowest BCUT2D eigenvalue weighted by molar-refractivity contribution is -0.135. The Hall–Kier alpha value is -1.21. The zero-order chi connectivity index (χ0) is 13.8. The van der Waals surface area contributed by atoms with E-state index in [1.165, 1.54) is 12.3 Å². The van der Waals surface area contributed by atoms with Crippen LogP contribution in [0.25, 0.3) is 0 Å². The minimum atomic E-state index is -0.527. The highest BCUT2D eigenvalue weighted by Gasteiger charge is 2.23. The Labute approximate surface area is 119 Å². The number of carbonyl (C=O) groups excluding carboxylic acids is 1. The summed E-state index contributed by atoms with van der Waals surface area (Å²) in [6.07, 6.45) is 1.48. The molecule has 2 rings (SSSR count). The van der Waals surface area contributed by atoms with Crippen LogP contribution in [0.3, 0.4) is 0 Å². The monoisotopic (exact) mass is 331 g/mol. The first kappa shape index (κ1) is 14.2. The number of ether oxygens (including phenoxy) is 1. The van der Waals surface area contributed by atoms with Crippen LogP contribution < -0.4 is 5.32 Å². The quantitative estimate of drug-likeness (QED) is 0.914. The van der Waals surface area contributed by atoms with Gasteiger partial charge in [0.05, 0.1) is 13.2 Å². The van der Waals surface area contributed by atoms with Crippen molar-refractivity contribution in [1.29, 1.82) is 0 Å². The maximum absolute atomic E-state index is 13.6. The van der Waals surface area contributed by atoms with Crippen molar-refractivity contribution in [2.75, 3.05) is 31.6 Å². The molecular formula is C12H15BrFN3O2. The van der Waals surface area contributed by atoms with Gasteiger partial charge in [0.25, 0.3) is 0 Å². The fourth-order valence-electron chi connectivity index (χ4n) is 1.85. The highest BCUT2D eigenvalue weighted by Crippen LogP contribution is 2.17. The predicted octanol–water partition coefficient (Wildman–Crippen LogP) is 1.64. The number of nitrogens with zero attached hydrogens (tertiary/aromatic N) is 2. The van der Waals surface area contributed by atoms with Gasteiger partial charge in [0, 0.05) is 23.8 Å². The van der Waals surface area contributed by atoms with E-state index in [2.05, 4.69) is 26.2 Å². The van der Waals surface area contributed by atoms with Gasteiger partial charge in [-0.25, -0.2) is 9.37 Å². The molecule has 0 radical (unpaired) electrons. The first-order chi connectivity index (χ1) is 9.08. The van der Waals surface area contributed by atoms with E-state index in [0.29, 0.717) is 30.8 Å². The zero-order valence-corrected chi connectivity index (χ0v) is 12.1. The summed E-state index contributed by atoms with van der Waals surface area (Å²) in [7, 11) is 0. The molecule has 19 heavy (non-hydrogen) atoms. The second kappa shape index (κ2) is 6.29. The van der Waals surface area contributed by atoms with Gasteiger partial charge >= 0.3 is 0 Å². The van der Waals surface area contributed by atoms with Crippen LogP contribution in [0.15, 0.2) is 16.7 Å². The summed E-state index contributed by atoms with van der Waals surface area (Å²) in [6.45, 7) is 3.93. The third kappa shape index (κ3) is 3.63. The molecule has 1 aliphatic heterocycles. The van der Waals surface area contributed by atoms with E-state index in [1.807, 2.05) is 0 Å². The molecule has 1 amide bonds. The number of morpholine rings is 1. The highest BCUT2D eigenvalue weighted by molar-refractivity contribution is 9.10. The van der Waals surface area contributed by atoms with Gasteiger partial charge in [-0.2, -0.15) is 0 Å². The Morgan fingerprint density at radius 3 is 2.89 bits per heavy atom. The molecule has 104 valence electrons. The first-order valence-electron chi connectivity index (χ1n) is 6.02. The molecule has 1 aromatic rings. The number of aromatic nitrogens is 1. The summed E-state index contributed by atoms with van der Waals surface area (Å²) in [5, 5.41) is 2.80. The average Bonchev–Trinajstić information content (AvgIpc) is 2.42. The molecule has 0 spiro atoms. The lowest BCUT2D eigenvalue weighted by Crippen LogP contribution is -2.47. The van der Waals surface area contributed by atoms with Gasteiger partial charge in [0.1, 0.15) is 6.04 Å². The molecule has 1 fully saturated rings. The second-order valence-electron chi connectivity index (χ2n) is 4.29. The van der Waals surface area contributed by atoms with Gasteiger partial charge in [0.15, 0.2) is 11.6 Å². The summed E-state index contributed by atoms with van der Waals surface area (Å²) in [4.78, 5) is 17.8. The van der Waals surface area contributed by atoms with Crippen LogP contribution in [-0.4, -0.2) is 48.1 Å². The third-order valence-corrected chi connectivity index (χ3v) is 3.29. The van der Waals surface area contributed by atoms with Gasteiger partial charge in [0.2, 0.25) is 5.91 Å². The fraction of sp³-hybridized carbons (Fsp3) is 0.500. The molecule has 5 nitrogen and oxygen atoms in total. The number of hydrogen-bond donors (Lipinski definition) is 1. The van der Waals surface area contributed by atoms with Gasteiger partial charge in [-0.05, 0) is 28.9 Å². The predicted molar refractivity (Wildman–Crippen MR) is 72.4 cm³/mol. The minimum Gasteiger partial charge on any atom is -0.378 e. The van der Waals surface area contributed by atoms with Crippen LogP contribution in [0, 0.1) is 5.82 Å². The van der Waals surface area contributed by atoms with Gasteiger partial charge < -0.3 is 15.0 Å². The smallest absolute Gasteiger partial charge is 0.244 e. The van der Waals surface area contributed by atoms with Crippen molar-refractivity contribution in [2.45, 2.75) is 13.0 Å². The Bertz CT molecular complexity index is 466. The molecule has 1 unspecified atom stereocenters. The number of hydrogen-bond acceptors (Lipinski definition) is 4. The third-order valence-electron chi connectivity index (χ3n) is 2.85. The van der Waals surface area contributed by atoms with E-state index in [9.17, 15) is 9.18 Å². The fourth-order valence-corrected chi connectivity index (χ4v) is 2.15. The Morgan fingerprint density at radius 1 is 1.58 bits per heavy atom. The van der Waals surface area contributed by atoms with Crippen molar-refractivity contribution < 1.29 is 13.9 Å². The summed E-state index contributed by atoms with van der Waals surface area (Å²) in [5.41, 5.74) is 0. The van der Waals surface area contributed by atoms with E-state index >= 15 is 0 Å². The van der Waals surface area contributed by atoms with Crippen molar-refractivity contribution in [2.24, 2.45) is 0 Å². The molecule has 0 aromatic carbocycles. The van der Waals surface area contributed by atoms with Crippen LogP contribution in [-0.2, 0) is 9.53 Å². The number of anilines is 1. The van der Waals surface area contributed by atoms with Crippen molar-refractivity contribution in [3.8, 4) is 0 Å². The minimum absolute atomic E-state index is 0.0765. The average molecular weight is 332 g/mol. The van der Waals surface area contributed by atoms with E-state index in [0.717, 1.165) is 0 Å². The molecule has 1 aliphatic rings. The van der Waals surface area contributed by atoms with Gasteiger partial charge in [-0.1, -0.05) is 0 Å². The maximum Gasteiger partial charge on any atom is 0.244 e. The van der Waals surface area contributed by atoms with Crippen molar-refractivity contribution >= 4 is 27.7 Å². The Morgan fingerprint density at radius 2 is 2.26 bits per heavy atom. The SMILES string of the molecule is CC(Nc1ncc(Br)cc1F)C(=O)N1CCOCC1. The van der Waals surface area contributed by atoms with Crippen molar-refractivity contribution in [1.82, 2.24) is 9.88 Å². The van der Waals surface area contributed by atoms with Crippen molar-refractivity contribution in [3.05, 3.63) is 22.6 Å². The first-order valence-corrected chi connectivity index (χ1v) is 6.81. The van der Waals surface area contributed by atoms with Crippen LogP contribution in [0.5, 0.6) is 0 Å². The van der Waals surface area contributed by atoms with Crippen LogP contribution in [0.4, 0.5) is 10.2 Å². The molecule has 2 heterocycles. The van der Waals surface area contributed by atoms with E-state index in [1.54, 1.807) is 11.8 Å². The van der Waals surface area contributed by atoms with Crippen LogP contribution in [0.1, 0.15) is 6.92 Å². The molecule has 0 saturated carbocycles. The highest BCUT2D eigenvalue weighted by atomic mass is 79.9. The summed E-state index contributed by atoms with van der Waals surface area (Å²) < 4.78 is 19.4. The van der Waals surface area contributed by atoms with E-state index in [-0.39, 0.29) is 11.7 Å². The maximum atomic E-state index is 13.6. The molecular weight excluding hydrogens is 317 g/mol. The Kier molecular flexibility index (Phi) is 4.71. The number of carbonyl (C=O) groups is 1. The molecule has 0 bridgehead atoms. The summed E-state index contributed by atoms with van der Waals surface area (Å²) >= 11 is 3.13. The molecule has 1 aromatic heterocycles.